The molecule has 0 saturated heterocycles. The standard InChI is InChI=1S/C15H11Cl2N3OS2/c16-9-2-1-3-10(17)14(9)20-13(21)7-22-15-19-11-5-4-8(18)6-12(11)23-15/h1-6H,7,18H2,(H,20,21). The molecule has 3 aromatic rings. The maximum atomic E-state index is 12.1. The van der Waals surface area contributed by atoms with Crippen molar-refractivity contribution in [3.05, 3.63) is 46.4 Å². The molecule has 0 unspecified atom stereocenters. The molecular formula is C15H11Cl2N3OS2. The van der Waals surface area contributed by atoms with Gasteiger partial charge >= 0.3 is 0 Å². The van der Waals surface area contributed by atoms with Crippen LogP contribution in [0, 0.1) is 0 Å². The highest BCUT2D eigenvalue weighted by Crippen LogP contribution is 2.32. The second-order valence-corrected chi connectivity index (χ2v) is 7.71. The molecule has 0 fully saturated rings. The van der Waals surface area contributed by atoms with Crippen molar-refractivity contribution in [1.29, 1.82) is 0 Å². The third kappa shape index (κ3) is 3.90. The van der Waals surface area contributed by atoms with Crippen molar-refractivity contribution in [3.8, 4) is 0 Å². The summed E-state index contributed by atoms with van der Waals surface area (Å²) in [5.74, 6) is 0.0281. The van der Waals surface area contributed by atoms with Crippen molar-refractivity contribution in [1.82, 2.24) is 4.98 Å². The Labute approximate surface area is 151 Å². The number of hydrogen-bond donors (Lipinski definition) is 2. The van der Waals surface area contributed by atoms with Crippen LogP contribution in [-0.2, 0) is 4.79 Å². The number of aromatic nitrogens is 1. The van der Waals surface area contributed by atoms with E-state index in [0.29, 0.717) is 21.4 Å². The van der Waals surface area contributed by atoms with Gasteiger partial charge in [-0.1, -0.05) is 41.0 Å². The van der Waals surface area contributed by atoms with Crippen molar-refractivity contribution in [2.75, 3.05) is 16.8 Å². The molecule has 0 spiro atoms. The van der Waals surface area contributed by atoms with Gasteiger partial charge in [-0.2, -0.15) is 0 Å². The van der Waals surface area contributed by atoms with Crippen molar-refractivity contribution in [3.63, 3.8) is 0 Å². The number of halogens is 2. The second kappa shape index (κ2) is 6.97. The number of thioether (sulfide) groups is 1. The van der Waals surface area contributed by atoms with E-state index < -0.39 is 0 Å². The molecule has 1 heterocycles. The van der Waals surface area contributed by atoms with Gasteiger partial charge < -0.3 is 11.1 Å². The van der Waals surface area contributed by atoms with Gasteiger partial charge in [0.2, 0.25) is 5.91 Å². The minimum absolute atomic E-state index is 0.191. The van der Waals surface area contributed by atoms with Crippen LogP contribution in [0.25, 0.3) is 10.2 Å². The van der Waals surface area contributed by atoms with E-state index in [1.807, 2.05) is 18.2 Å². The number of anilines is 2. The van der Waals surface area contributed by atoms with Crippen LogP contribution in [0.1, 0.15) is 0 Å². The lowest BCUT2D eigenvalue weighted by Crippen LogP contribution is -2.14. The Bertz CT molecular complexity index is 862. The molecule has 0 saturated carbocycles. The summed E-state index contributed by atoms with van der Waals surface area (Å²) in [5, 5.41) is 3.54. The van der Waals surface area contributed by atoms with Crippen LogP contribution in [-0.4, -0.2) is 16.6 Å². The van der Waals surface area contributed by atoms with Gasteiger partial charge in [-0.3, -0.25) is 4.79 Å². The molecule has 23 heavy (non-hydrogen) atoms. The quantitative estimate of drug-likeness (QED) is 0.495. The van der Waals surface area contributed by atoms with Crippen LogP contribution < -0.4 is 11.1 Å². The number of para-hydroxylation sites is 1. The second-order valence-electron chi connectivity index (χ2n) is 4.64. The average molecular weight is 384 g/mol. The van der Waals surface area contributed by atoms with Crippen LogP contribution in [0.5, 0.6) is 0 Å². The topological polar surface area (TPSA) is 68.0 Å². The minimum atomic E-state index is -0.191. The first kappa shape index (κ1) is 16.4. The normalized spacial score (nSPS) is 10.9. The number of carbonyl (C=O) groups excluding carboxylic acids is 1. The Kier molecular flexibility index (Phi) is 4.96. The largest absolute Gasteiger partial charge is 0.399 e. The van der Waals surface area contributed by atoms with E-state index in [4.69, 9.17) is 28.9 Å². The Balaban J connectivity index is 1.66. The number of carbonyl (C=O) groups is 1. The van der Waals surface area contributed by atoms with E-state index in [2.05, 4.69) is 10.3 Å². The number of rotatable bonds is 4. The minimum Gasteiger partial charge on any atom is -0.399 e. The van der Waals surface area contributed by atoms with E-state index in [1.165, 1.54) is 23.1 Å². The monoisotopic (exact) mass is 383 g/mol. The first-order valence-corrected chi connectivity index (χ1v) is 9.11. The molecule has 0 atom stereocenters. The number of nitrogens with two attached hydrogens (primary N) is 1. The molecule has 3 N–H and O–H groups in total. The Morgan fingerprint density at radius 3 is 2.74 bits per heavy atom. The fourth-order valence-electron chi connectivity index (χ4n) is 1.90. The molecule has 3 rings (SSSR count). The van der Waals surface area contributed by atoms with Gasteiger partial charge in [0.25, 0.3) is 0 Å². The summed E-state index contributed by atoms with van der Waals surface area (Å²) in [6.07, 6.45) is 0. The number of nitrogens with zero attached hydrogens (tertiary/aromatic N) is 1. The number of hydrogen-bond acceptors (Lipinski definition) is 5. The first-order valence-electron chi connectivity index (χ1n) is 6.55. The van der Waals surface area contributed by atoms with E-state index in [1.54, 1.807) is 18.2 Å². The molecule has 0 aliphatic heterocycles. The fourth-order valence-corrected chi connectivity index (χ4v) is 4.31. The highest BCUT2D eigenvalue weighted by atomic mass is 35.5. The third-order valence-electron chi connectivity index (χ3n) is 2.95. The van der Waals surface area contributed by atoms with Gasteiger partial charge in [0.15, 0.2) is 4.34 Å². The number of fused-ring (bicyclic) bond motifs is 1. The van der Waals surface area contributed by atoms with Gasteiger partial charge in [0, 0.05) is 5.69 Å². The lowest BCUT2D eigenvalue weighted by Gasteiger charge is -2.08. The number of amides is 1. The summed E-state index contributed by atoms with van der Waals surface area (Å²) >= 11 is 14.9. The number of thiazole rings is 1. The zero-order chi connectivity index (χ0) is 16.4. The molecule has 8 heteroatoms. The summed E-state index contributed by atoms with van der Waals surface area (Å²) < 4.78 is 1.81. The van der Waals surface area contributed by atoms with Gasteiger partial charge in [-0.15, -0.1) is 11.3 Å². The molecule has 0 aliphatic carbocycles. The zero-order valence-corrected chi connectivity index (χ0v) is 14.8. The first-order chi connectivity index (χ1) is 11.0. The maximum Gasteiger partial charge on any atom is 0.234 e. The van der Waals surface area contributed by atoms with E-state index >= 15 is 0 Å². The number of nitrogen functional groups attached to an aromatic ring is 1. The lowest BCUT2D eigenvalue weighted by molar-refractivity contribution is -0.113. The molecule has 2 aromatic carbocycles. The summed E-state index contributed by atoms with van der Waals surface area (Å²) in [4.78, 5) is 16.5. The highest BCUT2D eigenvalue weighted by Gasteiger charge is 2.11. The Morgan fingerprint density at radius 1 is 1.26 bits per heavy atom. The highest BCUT2D eigenvalue weighted by molar-refractivity contribution is 8.01. The molecule has 0 bridgehead atoms. The van der Waals surface area contributed by atoms with Crippen LogP contribution in [0.3, 0.4) is 0 Å². The van der Waals surface area contributed by atoms with E-state index in [-0.39, 0.29) is 11.7 Å². The van der Waals surface area contributed by atoms with E-state index in [9.17, 15) is 4.79 Å². The number of benzene rings is 2. The Hall–Kier alpha value is -1.47. The summed E-state index contributed by atoms with van der Waals surface area (Å²) in [6.45, 7) is 0. The van der Waals surface area contributed by atoms with Gasteiger partial charge in [-0.25, -0.2) is 4.98 Å². The smallest absolute Gasteiger partial charge is 0.234 e. The van der Waals surface area contributed by atoms with Gasteiger partial charge in [0.1, 0.15) is 0 Å². The zero-order valence-electron chi connectivity index (χ0n) is 11.7. The van der Waals surface area contributed by atoms with Crippen LogP contribution >= 0.6 is 46.3 Å². The fraction of sp³-hybridized carbons (Fsp3) is 0.0667. The third-order valence-corrected chi connectivity index (χ3v) is 5.74. The van der Waals surface area contributed by atoms with Gasteiger partial charge in [0.05, 0.1) is 31.7 Å². The maximum absolute atomic E-state index is 12.1. The Morgan fingerprint density at radius 2 is 2.00 bits per heavy atom. The summed E-state index contributed by atoms with van der Waals surface area (Å²) in [7, 11) is 0. The summed E-state index contributed by atoms with van der Waals surface area (Å²) in [6, 6.07) is 10.6. The van der Waals surface area contributed by atoms with Crippen molar-refractivity contribution in [2.24, 2.45) is 0 Å². The molecule has 1 aromatic heterocycles. The molecular weight excluding hydrogens is 373 g/mol. The van der Waals surface area contributed by atoms with E-state index in [0.717, 1.165) is 14.6 Å². The van der Waals surface area contributed by atoms with Crippen LogP contribution in [0.4, 0.5) is 11.4 Å². The molecule has 0 aliphatic rings. The molecule has 118 valence electrons. The molecule has 1 amide bonds. The predicted octanol–water partition coefficient (Wildman–Crippen LogP) is 4.92. The van der Waals surface area contributed by atoms with Crippen molar-refractivity contribution in [2.45, 2.75) is 4.34 Å². The SMILES string of the molecule is Nc1ccc2nc(SCC(=O)Nc3c(Cl)cccc3Cl)sc2c1. The average Bonchev–Trinajstić information content (AvgIpc) is 2.91. The summed E-state index contributed by atoms with van der Waals surface area (Å²) in [5.41, 5.74) is 7.76. The van der Waals surface area contributed by atoms with Crippen LogP contribution in [0.2, 0.25) is 10.0 Å². The number of nitrogens with one attached hydrogen (secondary N) is 1. The predicted molar refractivity (Wildman–Crippen MR) is 99.8 cm³/mol. The van der Waals surface area contributed by atoms with Crippen molar-refractivity contribution < 1.29 is 4.79 Å². The van der Waals surface area contributed by atoms with Crippen molar-refractivity contribution >= 4 is 73.8 Å². The molecule has 4 nitrogen and oxygen atoms in total. The van der Waals surface area contributed by atoms with Gasteiger partial charge in [-0.05, 0) is 30.3 Å². The molecule has 0 radical (unpaired) electrons. The van der Waals surface area contributed by atoms with Crippen LogP contribution in [0.15, 0.2) is 40.7 Å². The lowest BCUT2D eigenvalue weighted by atomic mass is 10.3.